The van der Waals surface area contributed by atoms with Gasteiger partial charge in [-0.25, -0.2) is 4.98 Å². The third-order valence-electron chi connectivity index (χ3n) is 6.16. The molecule has 1 heterocycles. The molecule has 0 spiro atoms. The van der Waals surface area contributed by atoms with Gasteiger partial charge in [0, 0.05) is 6.54 Å². The lowest BCUT2D eigenvalue weighted by Crippen LogP contribution is -2.44. The van der Waals surface area contributed by atoms with E-state index in [9.17, 15) is 0 Å². The topological polar surface area (TPSA) is 86.2 Å². The van der Waals surface area contributed by atoms with Crippen LogP contribution < -0.4 is 10.6 Å². The number of nitrogens with one attached hydrogen (secondary N) is 2. The highest BCUT2D eigenvalue weighted by Gasteiger charge is 2.40. The monoisotopic (exact) mass is 365 g/mol. The van der Waals surface area contributed by atoms with E-state index in [0.717, 1.165) is 35.5 Å². The number of hydrogen-bond donors (Lipinski definition) is 2. The average Bonchev–Trinajstić information content (AvgIpc) is 3.08. The Morgan fingerprint density at radius 2 is 2.11 bits per heavy atom. The van der Waals surface area contributed by atoms with Crippen molar-refractivity contribution in [3.63, 3.8) is 0 Å². The zero-order valence-electron chi connectivity index (χ0n) is 16.0. The predicted octanol–water partition coefficient (Wildman–Crippen LogP) is 4.52. The molecule has 2 saturated carbocycles. The number of rotatable bonds is 3. The first-order valence-corrected chi connectivity index (χ1v) is 9.84. The normalized spacial score (nSPS) is 30.7. The van der Waals surface area contributed by atoms with Crippen molar-refractivity contribution >= 4 is 22.7 Å². The Hall–Kier alpha value is -2.55. The molecule has 2 aliphatic carbocycles. The predicted molar refractivity (Wildman–Crippen MR) is 106 cm³/mol. The number of hydrogen-bond acceptors (Lipinski definition) is 4. The number of para-hydroxylation sites is 1. The molecule has 27 heavy (non-hydrogen) atoms. The molecule has 1 aromatic heterocycles. The molecule has 6 nitrogen and oxygen atoms in total. The first kappa shape index (κ1) is 17.8. The highest BCUT2D eigenvalue weighted by molar-refractivity contribution is 6.00. The van der Waals surface area contributed by atoms with Crippen LogP contribution in [0.3, 0.4) is 0 Å². The molecule has 2 fully saturated rings. The van der Waals surface area contributed by atoms with Gasteiger partial charge in [0.05, 0.1) is 5.69 Å². The minimum Gasteiger partial charge on any atom is -0.441 e. The van der Waals surface area contributed by atoms with Crippen molar-refractivity contribution in [2.45, 2.75) is 46.0 Å². The summed E-state index contributed by atoms with van der Waals surface area (Å²) in [6, 6.07) is 5.69. The van der Waals surface area contributed by atoms with Crippen molar-refractivity contribution < 1.29 is 4.42 Å². The second-order valence-electron chi connectivity index (χ2n) is 8.81. The van der Waals surface area contributed by atoms with Crippen LogP contribution in [0.25, 0.3) is 11.1 Å². The van der Waals surface area contributed by atoms with Crippen LogP contribution in [0.1, 0.15) is 46.0 Å². The lowest BCUT2D eigenvalue weighted by molar-refractivity contribution is 0.0493. The van der Waals surface area contributed by atoms with Gasteiger partial charge < -0.3 is 15.1 Å². The highest BCUT2D eigenvalue weighted by Crippen LogP contribution is 2.49. The number of anilines is 1. The van der Waals surface area contributed by atoms with E-state index < -0.39 is 0 Å². The van der Waals surface area contributed by atoms with Crippen molar-refractivity contribution in [1.29, 1.82) is 5.26 Å². The summed E-state index contributed by atoms with van der Waals surface area (Å²) < 4.78 is 5.46. The average molecular weight is 365 g/mol. The zero-order chi connectivity index (χ0) is 18.9. The molecule has 0 amide bonds. The summed E-state index contributed by atoms with van der Waals surface area (Å²) in [5.74, 6) is 3.01. The minimum absolute atomic E-state index is 0.240. The molecule has 2 bridgehead atoms. The number of guanidine groups is 1. The first-order valence-electron chi connectivity index (χ1n) is 9.84. The fraction of sp³-hybridized carbons (Fsp3) is 0.571. The van der Waals surface area contributed by atoms with E-state index in [1.807, 2.05) is 24.4 Å². The Labute approximate surface area is 160 Å². The van der Waals surface area contributed by atoms with Crippen molar-refractivity contribution in [2.75, 3.05) is 11.9 Å². The van der Waals surface area contributed by atoms with Crippen LogP contribution in [-0.4, -0.2) is 17.5 Å². The summed E-state index contributed by atoms with van der Waals surface area (Å²) in [7, 11) is 0. The van der Waals surface area contributed by atoms with E-state index >= 15 is 0 Å². The maximum absolute atomic E-state index is 9.10. The van der Waals surface area contributed by atoms with Gasteiger partial charge in [0.1, 0.15) is 5.52 Å². The van der Waals surface area contributed by atoms with E-state index in [0.29, 0.717) is 11.5 Å². The van der Waals surface area contributed by atoms with Crippen LogP contribution in [0.15, 0.2) is 34.0 Å². The number of nitrogens with zero attached hydrogens (tertiary/aromatic N) is 3. The molecule has 142 valence electrons. The first-order chi connectivity index (χ1) is 13.0. The number of oxazole rings is 1. The van der Waals surface area contributed by atoms with Gasteiger partial charge in [-0.05, 0) is 67.4 Å². The molecular formula is C21H27N5O. The van der Waals surface area contributed by atoms with Gasteiger partial charge in [-0.3, -0.25) is 0 Å². The van der Waals surface area contributed by atoms with Gasteiger partial charge in [-0.1, -0.05) is 19.9 Å². The summed E-state index contributed by atoms with van der Waals surface area (Å²) in [4.78, 5) is 8.12. The molecule has 2 unspecified atom stereocenters. The Morgan fingerprint density at radius 1 is 1.33 bits per heavy atom. The van der Waals surface area contributed by atoms with Crippen molar-refractivity contribution in [1.82, 2.24) is 10.3 Å². The number of aromatic nitrogens is 1. The van der Waals surface area contributed by atoms with Gasteiger partial charge >= 0.3 is 0 Å². The highest BCUT2D eigenvalue weighted by atomic mass is 16.3. The maximum Gasteiger partial charge on any atom is 0.211 e. The molecule has 2 aliphatic rings. The quantitative estimate of drug-likeness (QED) is 0.474. The SMILES string of the molecule is CC1CC2CC(C1)CC(C)(CN/C(=N\C#N)Nc1cccc3ncoc13)C2. The van der Waals surface area contributed by atoms with Gasteiger partial charge in [-0.2, -0.15) is 5.26 Å². The Morgan fingerprint density at radius 3 is 2.85 bits per heavy atom. The molecule has 2 N–H and O–H groups in total. The van der Waals surface area contributed by atoms with E-state index in [2.05, 4.69) is 34.5 Å². The second-order valence-corrected chi connectivity index (χ2v) is 8.81. The number of aliphatic imine (C=N–C) groups is 1. The van der Waals surface area contributed by atoms with Crippen molar-refractivity contribution in [3.8, 4) is 6.19 Å². The Balaban J connectivity index is 1.44. The third-order valence-corrected chi connectivity index (χ3v) is 6.16. The lowest BCUT2D eigenvalue weighted by atomic mass is 9.59. The molecule has 0 aliphatic heterocycles. The fourth-order valence-electron chi connectivity index (χ4n) is 5.42. The van der Waals surface area contributed by atoms with Crippen LogP contribution in [0.2, 0.25) is 0 Å². The Bertz CT molecular complexity index is 862. The van der Waals surface area contributed by atoms with Crippen LogP contribution in [-0.2, 0) is 0 Å². The molecule has 2 atom stereocenters. The smallest absolute Gasteiger partial charge is 0.211 e. The number of nitriles is 1. The maximum atomic E-state index is 9.10. The summed E-state index contributed by atoms with van der Waals surface area (Å²) in [6.45, 7) is 5.58. The van der Waals surface area contributed by atoms with Gasteiger partial charge in [0.25, 0.3) is 0 Å². The minimum atomic E-state index is 0.240. The Kier molecular flexibility index (Phi) is 4.77. The van der Waals surface area contributed by atoms with Crippen LogP contribution in [0.5, 0.6) is 0 Å². The molecule has 0 saturated heterocycles. The molecule has 4 rings (SSSR count). The lowest BCUT2D eigenvalue weighted by Gasteiger charge is -2.47. The van der Waals surface area contributed by atoms with E-state index in [1.165, 1.54) is 38.5 Å². The van der Waals surface area contributed by atoms with E-state index in [4.69, 9.17) is 9.68 Å². The van der Waals surface area contributed by atoms with Gasteiger partial charge in [-0.15, -0.1) is 4.99 Å². The molecular weight excluding hydrogens is 338 g/mol. The van der Waals surface area contributed by atoms with Crippen molar-refractivity contribution in [2.24, 2.45) is 28.2 Å². The summed E-state index contributed by atoms with van der Waals surface area (Å²) in [6.07, 6.45) is 9.92. The second kappa shape index (κ2) is 7.22. The largest absolute Gasteiger partial charge is 0.441 e. The zero-order valence-corrected chi connectivity index (χ0v) is 16.0. The summed E-state index contributed by atoms with van der Waals surface area (Å²) >= 11 is 0. The van der Waals surface area contributed by atoms with Gasteiger partial charge in [0.15, 0.2) is 12.0 Å². The number of fused-ring (bicyclic) bond motifs is 3. The van der Waals surface area contributed by atoms with Crippen LogP contribution in [0, 0.1) is 34.6 Å². The third kappa shape index (κ3) is 3.92. The van der Waals surface area contributed by atoms with Gasteiger partial charge in [0.2, 0.25) is 12.2 Å². The molecule has 2 aromatic rings. The molecule has 6 heteroatoms. The number of benzene rings is 1. The molecule has 1 aromatic carbocycles. The fourth-order valence-corrected chi connectivity index (χ4v) is 5.42. The standard InChI is InChI=1S/C21H27N5O/c1-14-6-15-8-16(7-14)10-21(2,9-15)11-23-20(24-12-22)26-18-5-3-4-17-19(18)27-13-25-17/h3-5,13-16H,6-11H2,1-2H3,(H2,23,24,26). The van der Waals surface area contributed by atoms with E-state index in [-0.39, 0.29) is 5.41 Å². The summed E-state index contributed by atoms with van der Waals surface area (Å²) in [5, 5.41) is 15.7. The molecule has 0 radical (unpaired) electrons. The van der Waals surface area contributed by atoms with Crippen LogP contribution >= 0.6 is 0 Å². The van der Waals surface area contributed by atoms with E-state index in [1.54, 1.807) is 0 Å². The summed E-state index contributed by atoms with van der Waals surface area (Å²) in [5.41, 5.74) is 2.44. The van der Waals surface area contributed by atoms with Crippen molar-refractivity contribution in [3.05, 3.63) is 24.6 Å². The van der Waals surface area contributed by atoms with Crippen LogP contribution in [0.4, 0.5) is 5.69 Å².